The number of aromatic nitrogens is 1. The molecular formula is C19H23N3O2. The molecule has 1 N–H and O–H groups in total. The number of carbonyl (C=O) groups is 1. The van der Waals surface area contributed by atoms with E-state index in [1.807, 2.05) is 18.2 Å². The summed E-state index contributed by atoms with van der Waals surface area (Å²) in [6.45, 7) is 2.66. The van der Waals surface area contributed by atoms with E-state index in [4.69, 9.17) is 4.74 Å². The Morgan fingerprint density at radius 3 is 2.62 bits per heavy atom. The van der Waals surface area contributed by atoms with Gasteiger partial charge in [-0.1, -0.05) is 18.2 Å². The van der Waals surface area contributed by atoms with Gasteiger partial charge in [-0.2, -0.15) is 0 Å². The SMILES string of the molecule is COc1ccccc1[C@@H](CNC(=O)c1ccncc1)N1CCCC1. The molecule has 5 nitrogen and oxygen atoms in total. The van der Waals surface area contributed by atoms with Gasteiger partial charge in [-0.25, -0.2) is 0 Å². The lowest BCUT2D eigenvalue weighted by Gasteiger charge is -2.29. The summed E-state index contributed by atoms with van der Waals surface area (Å²) in [4.78, 5) is 18.7. The van der Waals surface area contributed by atoms with Gasteiger partial charge < -0.3 is 10.1 Å². The summed E-state index contributed by atoms with van der Waals surface area (Å²) in [7, 11) is 1.69. The van der Waals surface area contributed by atoms with E-state index in [-0.39, 0.29) is 11.9 Å². The van der Waals surface area contributed by atoms with Crippen molar-refractivity contribution >= 4 is 5.91 Å². The Morgan fingerprint density at radius 1 is 1.21 bits per heavy atom. The molecule has 0 spiro atoms. The summed E-state index contributed by atoms with van der Waals surface area (Å²) >= 11 is 0. The molecule has 1 amide bonds. The van der Waals surface area contributed by atoms with Crippen LogP contribution in [0.3, 0.4) is 0 Å². The Morgan fingerprint density at radius 2 is 1.92 bits per heavy atom. The molecule has 0 saturated carbocycles. The number of carbonyl (C=O) groups excluding carboxylic acids is 1. The Labute approximate surface area is 142 Å². The molecule has 1 aliphatic rings. The van der Waals surface area contributed by atoms with E-state index in [0.717, 1.165) is 24.4 Å². The number of benzene rings is 1. The minimum atomic E-state index is -0.0727. The Balaban J connectivity index is 1.77. The van der Waals surface area contributed by atoms with Crippen molar-refractivity contribution in [3.05, 3.63) is 59.9 Å². The summed E-state index contributed by atoms with van der Waals surface area (Å²) in [6.07, 6.45) is 5.66. The second-order valence-corrected chi connectivity index (χ2v) is 5.95. The minimum absolute atomic E-state index is 0.0727. The van der Waals surface area contributed by atoms with E-state index in [9.17, 15) is 4.79 Å². The number of hydrogen-bond acceptors (Lipinski definition) is 4. The average Bonchev–Trinajstić information content (AvgIpc) is 3.17. The summed E-state index contributed by atoms with van der Waals surface area (Å²) in [5.74, 6) is 0.795. The number of nitrogens with zero attached hydrogens (tertiary/aromatic N) is 2. The van der Waals surface area contributed by atoms with Crippen molar-refractivity contribution in [2.45, 2.75) is 18.9 Å². The summed E-state index contributed by atoms with van der Waals surface area (Å²) in [5.41, 5.74) is 1.75. The van der Waals surface area contributed by atoms with E-state index in [2.05, 4.69) is 21.3 Å². The van der Waals surface area contributed by atoms with Crippen LogP contribution in [-0.4, -0.2) is 42.5 Å². The average molecular weight is 325 g/mol. The van der Waals surface area contributed by atoms with Gasteiger partial charge in [0, 0.05) is 30.1 Å². The number of nitrogens with one attached hydrogen (secondary N) is 1. The second-order valence-electron chi connectivity index (χ2n) is 5.95. The van der Waals surface area contributed by atoms with Crippen molar-refractivity contribution in [1.82, 2.24) is 15.2 Å². The van der Waals surface area contributed by atoms with Crippen LogP contribution in [0.15, 0.2) is 48.8 Å². The molecule has 5 heteroatoms. The molecule has 0 aliphatic carbocycles. The number of methoxy groups -OCH3 is 1. The Kier molecular flexibility index (Phi) is 5.43. The number of likely N-dealkylation sites (tertiary alicyclic amines) is 1. The number of rotatable bonds is 6. The molecular weight excluding hydrogens is 302 g/mol. The van der Waals surface area contributed by atoms with Gasteiger partial charge in [-0.05, 0) is 44.1 Å². The first-order valence-corrected chi connectivity index (χ1v) is 8.35. The molecule has 1 atom stereocenters. The number of amides is 1. The van der Waals surface area contributed by atoms with Crippen LogP contribution in [0.1, 0.15) is 34.8 Å². The zero-order valence-corrected chi connectivity index (χ0v) is 13.9. The first-order chi connectivity index (χ1) is 11.8. The van der Waals surface area contributed by atoms with Crippen LogP contribution in [0.2, 0.25) is 0 Å². The lowest BCUT2D eigenvalue weighted by Crippen LogP contribution is -2.37. The number of pyridine rings is 1. The molecule has 24 heavy (non-hydrogen) atoms. The predicted molar refractivity (Wildman–Crippen MR) is 93.1 cm³/mol. The van der Waals surface area contributed by atoms with E-state index in [1.165, 1.54) is 12.8 Å². The largest absolute Gasteiger partial charge is 0.496 e. The third kappa shape index (κ3) is 3.74. The molecule has 3 rings (SSSR count). The molecule has 1 fully saturated rings. The minimum Gasteiger partial charge on any atom is -0.496 e. The van der Waals surface area contributed by atoms with Gasteiger partial charge in [0.15, 0.2) is 0 Å². The van der Waals surface area contributed by atoms with Crippen LogP contribution < -0.4 is 10.1 Å². The first kappa shape index (κ1) is 16.5. The van der Waals surface area contributed by atoms with E-state index in [0.29, 0.717) is 12.1 Å². The molecule has 2 heterocycles. The third-order valence-electron chi connectivity index (χ3n) is 4.48. The normalized spacial score (nSPS) is 15.9. The molecule has 0 radical (unpaired) electrons. The lowest BCUT2D eigenvalue weighted by molar-refractivity contribution is 0.0937. The maximum atomic E-state index is 12.4. The Hall–Kier alpha value is -2.40. The molecule has 1 aromatic heterocycles. The quantitative estimate of drug-likeness (QED) is 0.887. The fourth-order valence-electron chi connectivity index (χ4n) is 3.23. The molecule has 126 valence electrons. The molecule has 0 bridgehead atoms. The zero-order chi connectivity index (χ0) is 16.8. The predicted octanol–water partition coefficient (Wildman–Crippen LogP) is 2.66. The smallest absolute Gasteiger partial charge is 0.251 e. The van der Waals surface area contributed by atoms with Crippen molar-refractivity contribution in [2.24, 2.45) is 0 Å². The lowest BCUT2D eigenvalue weighted by atomic mass is 10.0. The van der Waals surface area contributed by atoms with E-state index >= 15 is 0 Å². The first-order valence-electron chi connectivity index (χ1n) is 8.35. The highest BCUT2D eigenvalue weighted by Gasteiger charge is 2.26. The van der Waals surface area contributed by atoms with Crippen molar-refractivity contribution in [1.29, 1.82) is 0 Å². The van der Waals surface area contributed by atoms with E-state index < -0.39 is 0 Å². The fraction of sp³-hybridized carbons (Fsp3) is 0.368. The van der Waals surface area contributed by atoms with Gasteiger partial charge >= 0.3 is 0 Å². The molecule has 2 aromatic rings. The van der Waals surface area contributed by atoms with Gasteiger partial charge in [-0.3, -0.25) is 14.7 Å². The van der Waals surface area contributed by atoms with Crippen LogP contribution in [0.4, 0.5) is 0 Å². The molecule has 1 aliphatic heterocycles. The van der Waals surface area contributed by atoms with Crippen LogP contribution in [0, 0.1) is 0 Å². The highest BCUT2D eigenvalue weighted by Crippen LogP contribution is 2.31. The summed E-state index contributed by atoms with van der Waals surface area (Å²) in [6, 6.07) is 11.6. The second kappa shape index (κ2) is 7.93. The van der Waals surface area contributed by atoms with Crippen molar-refractivity contribution in [3.63, 3.8) is 0 Å². The number of hydrogen-bond donors (Lipinski definition) is 1. The third-order valence-corrected chi connectivity index (χ3v) is 4.48. The van der Waals surface area contributed by atoms with Crippen LogP contribution >= 0.6 is 0 Å². The maximum absolute atomic E-state index is 12.4. The standard InChI is InChI=1S/C19H23N3O2/c1-24-18-7-3-2-6-16(18)17(22-12-4-5-13-22)14-21-19(23)15-8-10-20-11-9-15/h2-3,6-11,17H,4-5,12-14H2,1H3,(H,21,23)/t17-/m1/s1. The summed E-state index contributed by atoms with van der Waals surface area (Å²) in [5, 5.41) is 3.06. The van der Waals surface area contributed by atoms with E-state index in [1.54, 1.807) is 31.6 Å². The number of ether oxygens (including phenoxy) is 1. The van der Waals surface area contributed by atoms with Gasteiger partial charge in [0.2, 0.25) is 0 Å². The van der Waals surface area contributed by atoms with Crippen LogP contribution in [-0.2, 0) is 0 Å². The highest BCUT2D eigenvalue weighted by molar-refractivity contribution is 5.93. The number of para-hydroxylation sites is 1. The van der Waals surface area contributed by atoms with Gasteiger partial charge in [0.05, 0.1) is 13.2 Å². The van der Waals surface area contributed by atoms with Crippen molar-refractivity contribution in [3.8, 4) is 5.75 Å². The zero-order valence-electron chi connectivity index (χ0n) is 13.9. The molecule has 1 aromatic carbocycles. The monoisotopic (exact) mass is 325 g/mol. The Bertz CT molecular complexity index is 669. The fourth-order valence-corrected chi connectivity index (χ4v) is 3.23. The van der Waals surface area contributed by atoms with Crippen molar-refractivity contribution in [2.75, 3.05) is 26.7 Å². The van der Waals surface area contributed by atoms with Crippen LogP contribution in [0.5, 0.6) is 5.75 Å². The van der Waals surface area contributed by atoms with Crippen molar-refractivity contribution < 1.29 is 9.53 Å². The maximum Gasteiger partial charge on any atom is 0.251 e. The van der Waals surface area contributed by atoms with Gasteiger partial charge in [0.25, 0.3) is 5.91 Å². The van der Waals surface area contributed by atoms with Gasteiger partial charge in [0.1, 0.15) is 5.75 Å². The van der Waals surface area contributed by atoms with Gasteiger partial charge in [-0.15, -0.1) is 0 Å². The highest BCUT2D eigenvalue weighted by atomic mass is 16.5. The molecule has 1 saturated heterocycles. The van der Waals surface area contributed by atoms with Crippen LogP contribution in [0.25, 0.3) is 0 Å². The topological polar surface area (TPSA) is 54.5 Å². The molecule has 0 unspecified atom stereocenters. The summed E-state index contributed by atoms with van der Waals surface area (Å²) < 4.78 is 5.53.